The van der Waals surface area contributed by atoms with Crippen LogP contribution in [0.5, 0.6) is 0 Å². The summed E-state index contributed by atoms with van der Waals surface area (Å²) in [7, 11) is 0. The summed E-state index contributed by atoms with van der Waals surface area (Å²) in [5, 5.41) is 13.3. The van der Waals surface area contributed by atoms with E-state index in [1.54, 1.807) is 4.52 Å². The van der Waals surface area contributed by atoms with Crippen LogP contribution >= 0.6 is 0 Å². The number of hydrogen-bond donors (Lipinski definition) is 1. The smallest absolute Gasteiger partial charge is 0.317 e. The summed E-state index contributed by atoms with van der Waals surface area (Å²) in [5.74, 6) is -0.0830. The number of hydrogen-bond acceptors (Lipinski definition) is 7. The van der Waals surface area contributed by atoms with Gasteiger partial charge in [0.1, 0.15) is 6.33 Å². The molecule has 2 saturated heterocycles. The lowest BCUT2D eigenvalue weighted by Crippen LogP contribution is -2.47. The van der Waals surface area contributed by atoms with E-state index in [-0.39, 0.29) is 24.4 Å². The molecule has 2 atom stereocenters. The second kappa shape index (κ2) is 8.03. The highest BCUT2D eigenvalue weighted by atomic mass is 16.5. The number of carboxylic acids is 1. The van der Waals surface area contributed by atoms with E-state index in [4.69, 9.17) is 9.84 Å². The van der Waals surface area contributed by atoms with Crippen LogP contribution in [-0.2, 0) is 20.7 Å². The number of amides is 1. The first kappa shape index (κ1) is 19.7. The number of carbonyl (C=O) groups excluding carboxylic acids is 1. The van der Waals surface area contributed by atoms with E-state index in [9.17, 15) is 9.59 Å². The van der Waals surface area contributed by atoms with Crippen LogP contribution in [0.15, 0.2) is 6.33 Å². The predicted octanol–water partition coefficient (Wildman–Crippen LogP) is -0.0825. The Balaban J connectivity index is 1.48. The molecule has 4 rings (SSSR count). The van der Waals surface area contributed by atoms with Crippen molar-refractivity contribution in [1.29, 1.82) is 0 Å². The van der Waals surface area contributed by atoms with E-state index in [2.05, 4.69) is 15.1 Å². The molecule has 1 amide bonds. The van der Waals surface area contributed by atoms with Crippen LogP contribution in [0.4, 0.5) is 0 Å². The van der Waals surface area contributed by atoms with Crippen molar-refractivity contribution >= 4 is 17.7 Å². The fourth-order valence-corrected chi connectivity index (χ4v) is 4.46. The third-order valence-corrected chi connectivity index (χ3v) is 5.80. The maximum absolute atomic E-state index is 13.1. The van der Waals surface area contributed by atoms with Crippen LogP contribution in [0.1, 0.15) is 23.4 Å². The maximum Gasteiger partial charge on any atom is 0.317 e. The lowest BCUT2D eigenvalue weighted by Gasteiger charge is -2.30. The molecule has 0 saturated carbocycles. The van der Waals surface area contributed by atoms with E-state index in [1.165, 1.54) is 6.33 Å². The van der Waals surface area contributed by atoms with Crippen molar-refractivity contribution in [3.63, 3.8) is 0 Å². The van der Waals surface area contributed by atoms with Crippen molar-refractivity contribution in [2.24, 2.45) is 5.92 Å². The minimum atomic E-state index is -0.842. The molecule has 2 fully saturated rings. The first-order chi connectivity index (χ1) is 13.9. The van der Waals surface area contributed by atoms with Crippen molar-refractivity contribution in [2.45, 2.75) is 32.7 Å². The van der Waals surface area contributed by atoms with Crippen LogP contribution in [-0.4, -0.2) is 91.8 Å². The average Bonchev–Trinajstić information content (AvgIpc) is 2.93. The highest BCUT2D eigenvalue weighted by Gasteiger charge is 2.36. The quantitative estimate of drug-likeness (QED) is 0.739. The van der Waals surface area contributed by atoms with E-state index >= 15 is 0 Å². The van der Waals surface area contributed by atoms with Crippen LogP contribution < -0.4 is 0 Å². The number of carbonyl (C=O) groups is 2. The summed E-state index contributed by atoms with van der Waals surface area (Å²) in [5.41, 5.74) is 2.82. The molecule has 2 bridgehead atoms. The van der Waals surface area contributed by atoms with Gasteiger partial charge >= 0.3 is 5.97 Å². The van der Waals surface area contributed by atoms with Crippen molar-refractivity contribution < 1.29 is 19.4 Å². The Morgan fingerprint density at radius 2 is 2.07 bits per heavy atom. The number of fused-ring (bicyclic) bond motifs is 4. The fraction of sp³-hybridized carbons (Fsp3) is 0.632. The van der Waals surface area contributed by atoms with Gasteiger partial charge in [-0.05, 0) is 25.8 Å². The molecule has 0 aliphatic carbocycles. The Morgan fingerprint density at radius 1 is 1.24 bits per heavy atom. The van der Waals surface area contributed by atoms with Crippen molar-refractivity contribution in [1.82, 2.24) is 29.4 Å². The number of ether oxygens (including phenoxy) is 1. The average molecular weight is 402 g/mol. The van der Waals surface area contributed by atoms with Gasteiger partial charge in [0.25, 0.3) is 5.78 Å². The Hall–Kier alpha value is -2.59. The largest absolute Gasteiger partial charge is 0.480 e. The first-order valence-corrected chi connectivity index (χ1v) is 9.89. The molecular weight excluding hydrogens is 376 g/mol. The van der Waals surface area contributed by atoms with Gasteiger partial charge in [-0.1, -0.05) is 0 Å². The standard InChI is InChI=1S/C19H26N6O4/c1-12-16(13(2)25-19(22-12)20-11-21-25)3-4-17(26)24-6-14-5-23(8-18(27)28)7-15(24)10-29-9-14/h11,14-15H,3-10H2,1-2H3,(H,27,28)/t14-,15-/m0/s1. The molecule has 4 heterocycles. The molecule has 2 aromatic heterocycles. The molecule has 29 heavy (non-hydrogen) atoms. The fourth-order valence-electron chi connectivity index (χ4n) is 4.46. The van der Waals surface area contributed by atoms with Crippen LogP contribution in [0.3, 0.4) is 0 Å². The molecule has 156 valence electrons. The second-order valence-electron chi connectivity index (χ2n) is 7.92. The Bertz CT molecular complexity index is 929. The molecule has 0 radical (unpaired) electrons. The van der Waals surface area contributed by atoms with Crippen molar-refractivity contribution in [3.8, 4) is 0 Å². The number of rotatable bonds is 5. The predicted molar refractivity (Wildman–Crippen MR) is 102 cm³/mol. The summed E-state index contributed by atoms with van der Waals surface area (Å²) < 4.78 is 7.44. The Labute approximate surface area is 168 Å². The topological polar surface area (TPSA) is 113 Å². The van der Waals surface area contributed by atoms with Crippen molar-refractivity contribution in [3.05, 3.63) is 23.3 Å². The molecule has 2 aromatic rings. The minimum absolute atomic E-state index is 0.00297. The maximum atomic E-state index is 13.1. The van der Waals surface area contributed by atoms with Gasteiger partial charge < -0.3 is 14.7 Å². The minimum Gasteiger partial charge on any atom is -0.480 e. The lowest BCUT2D eigenvalue weighted by molar-refractivity contribution is -0.138. The van der Waals surface area contributed by atoms with Crippen LogP contribution in [0.25, 0.3) is 5.78 Å². The zero-order valence-corrected chi connectivity index (χ0v) is 16.7. The monoisotopic (exact) mass is 402 g/mol. The number of aryl methyl sites for hydroxylation is 2. The van der Waals surface area contributed by atoms with E-state index in [1.807, 2.05) is 23.6 Å². The van der Waals surface area contributed by atoms with E-state index in [0.717, 1.165) is 17.0 Å². The summed E-state index contributed by atoms with van der Waals surface area (Å²) in [6, 6.07) is -0.118. The van der Waals surface area contributed by atoms with Crippen LogP contribution in [0.2, 0.25) is 0 Å². The van der Waals surface area contributed by atoms with Crippen molar-refractivity contribution in [2.75, 3.05) is 39.4 Å². The molecular formula is C19H26N6O4. The highest BCUT2D eigenvalue weighted by Crippen LogP contribution is 2.22. The molecule has 10 nitrogen and oxygen atoms in total. The number of aliphatic carboxylic acids is 1. The normalized spacial score (nSPS) is 22.6. The molecule has 1 N–H and O–H groups in total. The summed E-state index contributed by atoms with van der Waals surface area (Å²) in [4.78, 5) is 36.7. The molecule has 2 aliphatic heterocycles. The van der Waals surface area contributed by atoms with Gasteiger partial charge in [0.15, 0.2) is 0 Å². The zero-order valence-electron chi connectivity index (χ0n) is 16.7. The summed E-state index contributed by atoms with van der Waals surface area (Å²) in [6.07, 6.45) is 2.42. The number of carboxylic acid groups (broad SMARTS) is 1. The molecule has 2 aliphatic rings. The third-order valence-electron chi connectivity index (χ3n) is 5.80. The van der Waals surface area contributed by atoms with Gasteiger partial charge in [-0.2, -0.15) is 10.1 Å². The molecule has 10 heteroatoms. The van der Waals surface area contributed by atoms with Gasteiger partial charge in [-0.25, -0.2) is 9.50 Å². The molecule has 0 unspecified atom stereocenters. The van der Waals surface area contributed by atoms with Gasteiger partial charge in [0.05, 0.1) is 25.8 Å². The Kier molecular flexibility index (Phi) is 5.46. The highest BCUT2D eigenvalue weighted by molar-refractivity contribution is 5.77. The van der Waals surface area contributed by atoms with Gasteiger partial charge in [-0.15, -0.1) is 0 Å². The van der Waals surface area contributed by atoms with Crippen LogP contribution in [0, 0.1) is 19.8 Å². The Morgan fingerprint density at radius 3 is 2.86 bits per heavy atom. The van der Waals surface area contributed by atoms with Gasteiger partial charge in [0, 0.05) is 43.4 Å². The van der Waals surface area contributed by atoms with Gasteiger partial charge in [0.2, 0.25) is 5.91 Å². The number of aromatic nitrogens is 4. The molecule has 0 aromatic carbocycles. The van der Waals surface area contributed by atoms with E-state index in [0.29, 0.717) is 51.5 Å². The first-order valence-electron chi connectivity index (χ1n) is 9.89. The van der Waals surface area contributed by atoms with E-state index < -0.39 is 5.97 Å². The molecule has 0 spiro atoms. The number of nitrogens with zero attached hydrogens (tertiary/aromatic N) is 6. The lowest BCUT2D eigenvalue weighted by atomic mass is 10.1. The summed E-state index contributed by atoms with van der Waals surface area (Å²) in [6.45, 7) is 6.67. The second-order valence-corrected chi connectivity index (χ2v) is 7.92. The third kappa shape index (κ3) is 4.08. The summed E-state index contributed by atoms with van der Waals surface area (Å²) >= 11 is 0. The SMILES string of the molecule is Cc1nc2ncnn2c(C)c1CCC(=O)N1C[C@H]2COC[C@@H]1CN(CC(=O)O)C2. The van der Waals surface area contributed by atoms with Gasteiger partial charge in [-0.3, -0.25) is 14.5 Å². The zero-order chi connectivity index (χ0) is 20.5.